The van der Waals surface area contributed by atoms with Crippen LogP contribution in [0.15, 0.2) is 70.9 Å². The van der Waals surface area contributed by atoms with Crippen LogP contribution in [0, 0.1) is 5.41 Å². The molecule has 0 spiro atoms. The SMILES string of the molecule is CC1=CC2=NC(=O)/C(=C\c3ccc(OCCCOc4ccc(Cl)cc4)cc3)C(=N)N2O1. The highest BCUT2D eigenvalue weighted by molar-refractivity contribution is 6.32. The monoisotopic (exact) mass is 437 g/mol. The van der Waals surface area contributed by atoms with Crippen LogP contribution in [0.2, 0.25) is 5.02 Å². The van der Waals surface area contributed by atoms with Crippen molar-refractivity contribution < 1.29 is 19.1 Å². The maximum absolute atomic E-state index is 12.3. The molecule has 2 heterocycles. The number of benzene rings is 2. The Morgan fingerprint density at radius 2 is 1.68 bits per heavy atom. The van der Waals surface area contributed by atoms with E-state index in [2.05, 4.69) is 4.99 Å². The van der Waals surface area contributed by atoms with E-state index in [0.29, 0.717) is 35.6 Å². The lowest BCUT2D eigenvalue weighted by molar-refractivity contribution is -0.114. The molecule has 158 valence electrons. The molecule has 2 aliphatic rings. The van der Waals surface area contributed by atoms with E-state index in [0.717, 1.165) is 17.7 Å². The molecule has 0 aromatic heterocycles. The lowest BCUT2D eigenvalue weighted by Gasteiger charge is -2.22. The van der Waals surface area contributed by atoms with Crippen molar-refractivity contribution in [3.05, 3.63) is 76.5 Å². The molecular formula is C23H20ClN3O4. The summed E-state index contributed by atoms with van der Waals surface area (Å²) in [5.74, 6) is 1.88. The molecule has 2 aromatic carbocycles. The third-order valence-electron chi connectivity index (χ3n) is 4.51. The number of halogens is 1. The summed E-state index contributed by atoms with van der Waals surface area (Å²) >= 11 is 5.85. The number of rotatable bonds is 7. The van der Waals surface area contributed by atoms with Gasteiger partial charge in [-0.15, -0.1) is 5.06 Å². The van der Waals surface area contributed by atoms with Crippen molar-refractivity contribution in [1.82, 2.24) is 5.06 Å². The molecule has 0 unspecified atom stereocenters. The Balaban J connectivity index is 1.29. The van der Waals surface area contributed by atoms with Gasteiger partial charge in [-0.1, -0.05) is 23.7 Å². The van der Waals surface area contributed by atoms with Crippen LogP contribution in [-0.2, 0) is 9.63 Å². The van der Waals surface area contributed by atoms with Crippen molar-refractivity contribution >= 4 is 35.3 Å². The number of fused-ring (bicyclic) bond motifs is 1. The molecule has 0 bridgehead atoms. The summed E-state index contributed by atoms with van der Waals surface area (Å²) in [6.45, 7) is 2.78. The van der Waals surface area contributed by atoms with E-state index in [1.54, 1.807) is 31.2 Å². The van der Waals surface area contributed by atoms with E-state index in [4.69, 9.17) is 31.3 Å². The van der Waals surface area contributed by atoms with Crippen LogP contribution in [0.5, 0.6) is 11.5 Å². The standard InChI is InChI=1S/C23H20ClN3O4/c1-15-13-21-26-23(28)20(22(25)27(21)31-15)14-16-3-7-18(8-4-16)29-11-2-12-30-19-9-5-17(24)6-10-19/h3-10,13-14,25H,2,11-12H2,1H3/b20-14-,25-22?. The van der Waals surface area contributed by atoms with E-state index < -0.39 is 5.91 Å². The lowest BCUT2D eigenvalue weighted by atomic mass is 10.1. The van der Waals surface area contributed by atoms with Gasteiger partial charge in [0, 0.05) is 17.5 Å². The van der Waals surface area contributed by atoms with E-state index in [1.807, 2.05) is 36.4 Å². The van der Waals surface area contributed by atoms with Crippen molar-refractivity contribution in [2.75, 3.05) is 13.2 Å². The van der Waals surface area contributed by atoms with Gasteiger partial charge < -0.3 is 14.3 Å². The smallest absolute Gasteiger partial charge is 0.282 e. The van der Waals surface area contributed by atoms with Crippen LogP contribution in [0.3, 0.4) is 0 Å². The third kappa shape index (κ3) is 4.95. The summed E-state index contributed by atoms with van der Waals surface area (Å²) in [6, 6.07) is 14.5. The number of hydrogen-bond acceptors (Lipinski definition) is 5. The number of nitrogens with zero attached hydrogens (tertiary/aromatic N) is 2. The molecule has 0 fully saturated rings. The Labute approximate surface area is 184 Å². The summed E-state index contributed by atoms with van der Waals surface area (Å²) in [6.07, 6.45) is 3.96. The molecule has 1 amide bonds. The predicted octanol–water partition coefficient (Wildman–Crippen LogP) is 4.64. The fourth-order valence-corrected chi connectivity index (χ4v) is 3.12. The van der Waals surface area contributed by atoms with Crippen LogP contribution in [0.4, 0.5) is 0 Å². The molecule has 0 atom stereocenters. The number of amides is 1. The minimum absolute atomic E-state index is 0.0379. The highest BCUT2D eigenvalue weighted by Gasteiger charge is 2.34. The van der Waals surface area contributed by atoms with Crippen LogP contribution in [-0.4, -0.2) is 35.9 Å². The fraction of sp³-hybridized carbons (Fsp3) is 0.174. The van der Waals surface area contributed by atoms with Crippen molar-refractivity contribution in [1.29, 1.82) is 5.41 Å². The van der Waals surface area contributed by atoms with E-state index in [1.165, 1.54) is 5.06 Å². The van der Waals surface area contributed by atoms with Gasteiger partial charge in [-0.3, -0.25) is 10.2 Å². The molecule has 0 radical (unpaired) electrons. The number of allylic oxidation sites excluding steroid dienone is 1. The highest BCUT2D eigenvalue weighted by Crippen LogP contribution is 2.24. The Morgan fingerprint density at radius 1 is 1.06 bits per heavy atom. The van der Waals surface area contributed by atoms with Crippen molar-refractivity contribution in [2.45, 2.75) is 13.3 Å². The number of hydrogen-bond donors (Lipinski definition) is 1. The van der Waals surface area contributed by atoms with Gasteiger partial charge in [0.2, 0.25) is 0 Å². The fourth-order valence-electron chi connectivity index (χ4n) is 3.00. The number of amidine groups is 2. The normalized spacial score (nSPS) is 16.6. The van der Waals surface area contributed by atoms with Gasteiger partial charge in [-0.2, -0.15) is 4.99 Å². The second kappa shape index (κ2) is 9.06. The second-order valence-electron chi connectivity index (χ2n) is 6.90. The van der Waals surface area contributed by atoms with Crippen molar-refractivity contribution in [3.8, 4) is 11.5 Å². The van der Waals surface area contributed by atoms with Crippen molar-refractivity contribution in [3.63, 3.8) is 0 Å². The molecule has 0 saturated heterocycles. The van der Waals surface area contributed by atoms with Crippen LogP contribution in [0.25, 0.3) is 6.08 Å². The maximum atomic E-state index is 12.3. The quantitative estimate of drug-likeness (QED) is 0.504. The summed E-state index contributed by atoms with van der Waals surface area (Å²) in [7, 11) is 0. The van der Waals surface area contributed by atoms with Gasteiger partial charge in [0.25, 0.3) is 5.91 Å². The minimum atomic E-state index is -0.466. The van der Waals surface area contributed by atoms with E-state index in [9.17, 15) is 4.79 Å². The summed E-state index contributed by atoms with van der Waals surface area (Å²) in [4.78, 5) is 21.7. The van der Waals surface area contributed by atoms with E-state index >= 15 is 0 Å². The van der Waals surface area contributed by atoms with Gasteiger partial charge in [-0.25, -0.2) is 0 Å². The molecule has 2 aliphatic heterocycles. The van der Waals surface area contributed by atoms with Crippen molar-refractivity contribution in [2.24, 2.45) is 4.99 Å². The second-order valence-corrected chi connectivity index (χ2v) is 7.33. The molecule has 7 nitrogen and oxygen atoms in total. The Hall–Kier alpha value is -3.58. The maximum Gasteiger partial charge on any atom is 0.282 e. The number of hydroxylamine groups is 2. The average molecular weight is 438 g/mol. The van der Waals surface area contributed by atoms with E-state index in [-0.39, 0.29) is 11.4 Å². The zero-order chi connectivity index (χ0) is 21.8. The highest BCUT2D eigenvalue weighted by atomic mass is 35.5. The Kier molecular flexibility index (Phi) is 6.04. The van der Waals surface area contributed by atoms with Gasteiger partial charge in [0.05, 0.1) is 18.8 Å². The molecular weight excluding hydrogens is 418 g/mol. The summed E-state index contributed by atoms with van der Waals surface area (Å²) in [5.41, 5.74) is 0.925. The third-order valence-corrected chi connectivity index (χ3v) is 4.76. The minimum Gasteiger partial charge on any atom is -0.493 e. The first-order valence-corrected chi connectivity index (χ1v) is 10.1. The average Bonchev–Trinajstić information content (AvgIpc) is 3.13. The lowest BCUT2D eigenvalue weighted by Crippen LogP contribution is -2.38. The first-order valence-electron chi connectivity index (χ1n) is 9.71. The zero-order valence-electron chi connectivity index (χ0n) is 16.8. The van der Waals surface area contributed by atoms with Crippen LogP contribution in [0.1, 0.15) is 18.9 Å². The summed E-state index contributed by atoms with van der Waals surface area (Å²) in [5, 5.41) is 10.2. The van der Waals surface area contributed by atoms with Gasteiger partial charge >= 0.3 is 0 Å². The number of ether oxygens (including phenoxy) is 2. The molecule has 0 saturated carbocycles. The Morgan fingerprint density at radius 3 is 2.32 bits per heavy atom. The largest absolute Gasteiger partial charge is 0.493 e. The number of carbonyl (C=O) groups is 1. The predicted molar refractivity (Wildman–Crippen MR) is 118 cm³/mol. The zero-order valence-corrected chi connectivity index (χ0v) is 17.6. The number of nitrogens with one attached hydrogen (secondary N) is 1. The molecule has 1 N–H and O–H groups in total. The molecule has 31 heavy (non-hydrogen) atoms. The van der Waals surface area contributed by atoms with Gasteiger partial charge in [-0.05, 0) is 55.0 Å². The topological polar surface area (TPSA) is 84.2 Å². The molecule has 2 aromatic rings. The molecule has 8 heteroatoms. The first-order chi connectivity index (χ1) is 15.0. The van der Waals surface area contributed by atoms with Gasteiger partial charge in [0.15, 0.2) is 11.7 Å². The first kappa shape index (κ1) is 20.7. The number of carbonyl (C=O) groups excluding carboxylic acids is 1. The molecule has 4 rings (SSSR count). The van der Waals surface area contributed by atoms with Crippen LogP contribution >= 0.6 is 11.6 Å². The number of aliphatic imine (C=N–C) groups is 1. The Bertz CT molecular complexity index is 1090. The van der Waals surface area contributed by atoms with Gasteiger partial charge in [0.1, 0.15) is 17.3 Å². The van der Waals surface area contributed by atoms with Crippen LogP contribution < -0.4 is 9.47 Å². The molecule has 0 aliphatic carbocycles. The summed E-state index contributed by atoms with van der Waals surface area (Å²) < 4.78 is 11.4.